The second-order valence-corrected chi connectivity index (χ2v) is 2.96. The largest absolute Gasteiger partial charge is 0.346 e. The van der Waals surface area contributed by atoms with Gasteiger partial charge in [-0.25, -0.2) is 4.98 Å². The van der Waals surface area contributed by atoms with Crippen LogP contribution in [-0.2, 0) is 12.8 Å². The highest BCUT2D eigenvalue weighted by Gasteiger charge is 2.07. The Morgan fingerprint density at radius 3 is 3.27 bits per heavy atom. The highest BCUT2D eigenvalue weighted by molar-refractivity contribution is 5.20. The summed E-state index contributed by atoms with van der Waals surface area (Å²) in [5, 5.41) is 0. The Morgan fingerprint density at radius 2 is 2.36 bits per heavy atom. The Kier molecular flexibility index (Phi) is 1.53. The number of nitrogens with one attached hydrogen (secondary N) is 1. The Morgan fingerprint density at radius 1 is 1.45 bits per heavy atom. The van der Waals surface area contributed by atoms with Crippen molar-refractivity contribution in [2.24, 2.45) is 0 Å². The van der Waals surface area contributed by atoms with Crippen molar-refractivity contribution < 1.29 is 0 Å². The van der Waals surface area contributed by atoms with E-state index in [1.54, 1.807) is 0 Å². The number of imidazole rings is 1. The van der Waals surface area contributed by atoms with Crippen molar-refractivity contribution >= 4 is 0 Å². The van der Waals surface area contributed by atoms with E-state index in [4.69, 9.17) is 0 Å². The summed E-state index contributed by atoms with van der Waals surface area (Å²) in [7, 11) is 0. The molecule has 1 N–H and O–H groups in total. The van der Waals surface area contributed by atoms with Gasteiger partial charge >= 0.3 is 0 Å². The maximum atomic E-state index is 4.42. The molecule has 0 aromatic carbocycles. The summed E-state index contributed by atoms with van der Waals surface area (Å²) in [6.45, 7) is 2.01. The van der Waals surface area contributed by atoms with Crippen LogP contribution in [0.2, 0.25) is 0 Å². The van der Waals surface area contributed by atoms with Crippen LogP contribution in [-0.4, -0.2) is 9.97 Å². The highest BCUT2D eigenvalue weighted by atomic mass is 14.9. The molecule has 2 nitrogen and oxygen atoms in total. The van der Waals surface area contributed by atoms with E-state index in [0.29, 0.717) is 0 Å². The molecule has 0 aliphatic heterocycles. The highest BCUT2D eigenvalue weighted by Crippen LogP contribution is 2.13. The maximum Gasteiger partial charge on any atom is 0.103 e. The number of hydrogen-bond acceptors (Lipinski definition) is 1. The molecule has 1 aliphatic carbocycles. The van der Waals surface area contributed by atoms with Crippen LogP contribution in [0.4, 0.5) is 0 Å². The van der Waals surface area contributed by atoms with E-state index in [2.05, 4.69) is 22.1 Å². The zero-order chi connectivity index (χ0) is 7.68. The molecule has 2 heteroatoms. The second kappa shape index (κ2) is 2.53. The molecule has 0 radical (unpaired) electrons. The number of fused-ring (bicyclic) bond motifs is 1. The number of rotatable bonds is 0. The third-order valence-electron chi connectivity index (χ3n) is 2.02. The fourth-order valence-electron chi connectivity index (χ4n) is 1.50. The summed E-state index contributed by atoms with van der Waals surface area (Å²) < 4.78 is 0. The quantitative estimate of drug-likeness (QED) is 0.558. The van der Waals surface area contributed by atoms with Crippen molar-refractivity contribution in [3.63, 3.8) is 0 Å². The van der Waals surface area contributed by atoms with Crippen LogP contribution >= 0.6 is 0 Å². The molecule has 0 spiro atoms. The first-order valence-corrected chi connectivity index (χ1v) is 4.05. The van der Waals surface area contributed by atoms with E-state index in [1.807, 2.05) is 6.92 Å². The summed E-state index contributed by atoms with van der Waals surface area (Å²) in [5.74, 6) is 1.05. The molecule has 1 heterocycles. The van der Waals surface area contributed by atoms with Gasteiger partial charge in [-0.05, 0) is 19.8 Å². The predicted octanol–water partition coefficient (Wildman–Crippen LogP) is 1.76. The molecule has 0 unspecified atom stereocenters. The molecule has 58 valence electrons. The zero-order valence-electron chi connectivity index (χ0n) is 6.72. The minimum atomic E-state index is 1.02. The fraction of sp³-hybridized carbons (Fsp3) is 0.444. The van der Waals surface area contributed by atoms with Gasteiger partial charge in [-0.2, -0.15) is 0 Å². The number of aryl methyl sites for hydroxylation is 2. The van der Waals surface area contributed by atoms with Crippen LogP contribution in [0.1, 0.15) is 23.6 Å². The Bertz CT molecular complexity index is 284. The number of aromatic nitrogens is 2. The monoisotopic (exact) mass is 148 g/mol. The molecule has 2 rings (SSSR count). The average molecular weight is 148 g/mol. The van der Waals surface area contributed by atoms with Gasteiger partial charge in [0.2, 0.25) is 0 Å². The van der Waals surface area contributed by atoms with E-state index in [1.165, 1.54) is 11.4 Å². The summed E-state index contributed by atoms with van der Waals surface area (Å²) in [5.41, 5.74) is 2.56. The van der Waals surface area contributed by atoms with Crippen molar-refractivity contribution in [2.75, 3.05) is 0 Å². The van der Waals surface area contributed by atoms with Crippen LogP contribution < -0.4 is 0 Å². The van der Waals surface area contributed by atoms with Gasteiger partial charge in [0.15, 0.2) is 0 Å². The van der Waals surface area contributed by atoms with Gasteiger partial charge < -0.3 is 4.98 Å². The molecule has 0 amide bonds. The van der Waals surface area contributed by atoms with Crippen molar-refractivity contribution in [3.05, 3.63) is 29.4 Å². The number of hydrogen-bond donors (Lipinski definition) is 1. The number of allylic oxidation sites excluding steroid dienone is 2. The minimum Gasteiger partial charge on any atom is -0.346 e. The van der Waals surface area contributed by atoms with Crippen molar-refractivity contribution in [1.29, 1.82) is 0 Å². The molecule has 0 fully saturated rings. The molecule has 0 saturated heterocycles. The molecule has 11 heavy (non-hydrogen) atoms. The van der Waals surface area contributed by atoms with Gasteiger partial charge in [0.05, 0.1) is 5.69 Å². The van der Waals surface area contributed by atoms with Crippen molar-refractivity contribution in [2.45, 2.75) is 26.2 Å². The number of aromatic amines is 1. The summed E-state index contributed by atoms with van der Waals surface area (Å²) in [4.78, 5) is 7.69. The smallest absolute Gasteiger partial charge is 0.103 e. The molecule has 1 aromatic rings. The molecular weight excluding hydrogens is 136 g/mol. The molecule has 0 bridgehead atoms. The van der Waals surface area contributed by atoms with Crippen LogP contribution in [0.3, 0.4) is 0 Å². The van der Waals surface area contributed by atoms with Crippen LogP contribution in [0, 0.1) is 6.92 Å². The first kappa shape index (κ1) is 6.65. The van der Waals surface area contributed by atoms with Gasteiger partial charge in [-0.15, -0.1) is 0 Å². The van der Waals surface area contributed by atoms with Gasteiger partial charge in [-0.3, -0.25) is 0 Å². The lowest BCUT2D eigenvalue weighted by Gasteiger charge is -1.91. The number of H-pyrrole nitrogens is 1. The minimum absolute atomic E-state index is 1.02. The lowest BCUT2D eigenvalue weighted by atomic mass is 10.2. The van der Waals surface area contributed by atoms with Crippen LogP contribution in [0.25, 0.3) is 0 Å². The molecular formula is C9H12N2. The Balaban J connectivity index is 2.39. The van der Waals surface area contributed by atoms with E-state index in [0.717, 1.165) is 25.1 Å². The fourth-order valence-corrected chi connectivity index (χ4v) is 1.50. The van der Waals surface area contributed by atoms with Gasteiger partial charge in [0, 0.05) is 12.1 Å². The van der Waals surface area contributed by atoms with E-state index in [9.17, 15) is 0 Å². The van der Waals surface area contributed by atoms with E-state index < -0.39 is 0 Å². The molecule has 1 aliphatic rings. The summed E-state index contributed by atoms with van der Waals surface area (Å²) in [6.07, 6.45) is 7.69. The summed E-state index contributed by atoms with van der Waals surface area (Å²) in [6, 6.07) is 0. The van der Waals surface area contributed by atoms with Gasteiger partial charge in [0.25, 0.3) is 0 Å². The van der Waals surface area contributed by atoms with Gasteiger partial charge in [0.1, 0.15) is 5.82 Å². The maximum absolute atomic E-state index is 4.42. The lowest BCUT2D eigenvalue weighted by Crippen LogP contribution is -1.87. The van der Waals surface area contributed by atoms with E-state index >= 15 is 0 Å². The normalized spacial score (nSPS) is 16.1. The third-order valence-corrected chi connectivity index (χ3v) is 2.02. The SMILES string of the molecule is Cc1nc2c([nH]1)CC=CCC2. The first-order chi connectivity index (χ1) is 5.36. The molecule has 0 atom stereocenters. The Hall–Kier alpha value is -1.05. The topological polar surface area (TPSA) is 28.7 Å². The number of nitrogens with zero attached hydrogens (tertiary/aromatic N) is 1. The third kappa shape index (κ3) is 1.20. The zero-order valence-corrected chi connectivity index (χ0v) is 6.72. The second-order valence-electron chi connectivity index (χ2n) is 2.96. The van der Waals surface area contributed by atoms with E-state index in [-0.39, 0.29) is 0 Å². The van der Waals surface area contributed by atoms with Gasteiger partial charge in [-0.1, -0.05) is 12.2 Å². The Labute approximate surface area is 66.4 Å². The van der Waals surface area contributed by atoms with Crippen LogP contribution in [0.5, 0.6) is 0 Å². The van der Waals surface area contributed by atoms with Crippen LogP contribution in [0.15, 0.2) is 12.2 Å². The van der Waals surface area contributed by atoms with Crippen molar-refractivity contribution in [3.8, 4) is 0 Å². The predicted molar refractivity (Wildman–Crippen MR) is 44.5 cm³/mol. The lowest BCUT2D eigenvalue weighted by molar-refractivity contribution is 0.949. The standard InChI is InChI=1S/C9H12N2/c1-7-10-8-5-3-2-4-6-9(8)11-7/h2-3H,4-6H2,1H3,(H,10,11). The molecule has 0 saturated carbocycles. The molecule has 1 aromatic heterocycles. The average Bonchev–Trinajstić information content (AvgIpc) is 2.17. The first-order valence-electron chi connectivity index (χ1n) is 4.05. The summed E-state index contributed by atoms with van der Waals surface area (Å²) >= 11 is 0. The van der Waals surface area contributed by atoms with Crippen molar-refractivity contribution in [1.82, 2.24) is 9.97 Å².